The normalized spacial score (nSPS) is 16.7. The van der Waals surface area contributed by atoms with Crippen molar-refractivity contribution in [2.45, 2.75) is 23.9 Å². The SMILES string of the molecule is N=C(N)c1cccc(CN2CC(NS(=O)(=O)c3ccc4oc5ccccc5c4c3)CC2=O)c1. The summed E-state index contributed by atoms with van der Waals surface area (Å²) in [6, 6.07) is 18.8. The molecular formula is C24H22N4O4S. The highest BCUT2D eigenvalue weighted by Gasteiger charge is 2.33. The molecule has 1 aliphatic rings. The van der Waals surface area contributed by atoms with Crippen molar-refractivity contribution in [1.82, 2.24) is 9.62 Å². The average molecular weight is 463 g/mol. The van der Waals surface area contributed by atoms with Crippen LogP contribution >= 0.6 is 0 Å². The summed E-state index contributed by atoms with van der Waals surface area (Å²) in [6.45, 7) is 0.588. The van der Waals surface area contributed by atoms with Crippen LogP contribution in [0.15, 0.2) is 76.0 Å². The van der Waals surface area contributed by atoms with E-state index in [0.29, 0.717) is 23.3 Å². The van der Waals surface area contributed by atoms with Crippen molar-refractivity contribution in [3.63, 3.8) is 0 Å². The van der Waals surface area contributed by atoms with Gasteiger partial charge in [-0.25, -0.2) is 13.1 Å². The quantitative estimate of drug-likeness (QED) is 0.300. The number of sulfonamides is 1. The van der Waals surface area contributed by atoms with Crippen molar-refractivity contribution in [3.05, 3.63) is 77.9 Å². The molecule has 1 amide bonds. The molecule has 33 heavy (non-hydrogen) atoms. The van der Waals surface area contributed by atoms with Crippen LogP contribution in [0.4, 0.5) is 0 Å². The second-order valence-electron chi connectivity index (χ2n) is 8.17. The lowest BCUT2D eigenvalue weighted by Gasteiger charge is -2.18. The highest BCUT2D eigenvalue weighted by molar-refractivity contribution is 7.89. The Bertz CT molecular complexity index is 1510. The molecule has 1 atom stereocenters. The Morgan fingerprint density at radius 3 is 2.67 bits per heavy atom. The minimum atomic E-state index is -3.83. The predicted octanol–water partition coefficient (Wildman–Crippen LogP) is 2.95. The lowest BCUT2D eigenvalue weighted by molar-refractivity contribution is -0.128. The number of furan rings is 1. The number of nitrogens with one attached hydrogen (secondary N) is 2. The number of likely N-dealkylation sites (tertiary alicyclic amines) is 1. The summed E-state index contributed by atoms with van der Waals surface area (Å²) in [5.41, 5.74) is 8.27. The van der Waals surface area contributed by atoms with E-state index in [4.69, 9.17) is 15.6 Å². The van der Waals surface area contributed by atoms with Gasteiger partial charge in [0.2, 0.25) is 15.9 Å². The molecule has 3 aromatic carbocycles. The first-order chi connectivity index (χ1) is 15.8. The first-order valence-corrected chi connectivity index (χ1v) is 11.9. The number of carbonyl (C=O) groups excluding carboxylic acids is 1. The molecule has 1 fully saturated rings. The van der Waals surface area contributed by atoms with Crippen LogP contribution in [0, 0.1) is 5.41 Å². The Hall–Kier alpha value is -3.69. The van der Waals surface area contributed by atoms with Crippen LogP contribution in [0.2, 0.25) is 0 Å². The van der Waals surface area contributed by atoms with Crippen LogP contribution < -0.4 is 10.5 Å². The molecule has 9 heteroatoms. The van der Waals surface area contributed by atoms with Crippen molar-refractivity contribution in [2.24, 2.45) is 5.73 Å². The van der Waals surface area contributed by atoms with Gasteiger partial charge in [0.25, 0.3) is 0 Å². The van der Waals surface area contributed by atoms with Gasteiger partial charge in [-0.05, 0) is 35.9 Å². The largest absolute Gasteiger partial charge is 0.456 e. The lowest BCUT2D eigenvalue weighted by Crippen LogP contribution is -2.37. The van der Waals surface area contributed by atoms with Crippen molar-refractivity contribution >= 4 is 43.7 Å². The number of rotatable bonds is 6. The first kappa shape index (κ1) is 21.2. The van der Waals surface area contributed by atoms with Gasteiger partial charge in [-0.3, -0.25) is 10.2 Å². The van der Waals surface area contributed by atoms with Gasteiger partial charge in [-0.2, -0.15) is 0 Å². The number of nitrogens with two attached hydrogens (primary N) is 1. The van der Waals surface area contributed by atoms with Crippen LogP contribution in [0.5, 0.6) is 0 Å². The standard InChI is InChI=1S/C24H22N4O4S/c25-24(26)16-5-3-4-15(10-16)13-28-14-17(11-23(28)29)27-33(30,31)18-8-9-22-20(12-18)19-6-1-2-7-21(19)32-22/h1-10,12,17,27H,11,13-14H2,(H3,25,26). The smallest absolute Gasteiger partial charge is 0.240 e. The Morgan fingerprint density at radius 1 is 1.06 bits per heavy atom. The fourth-order valence-electron chi connectivity index (χ4n) is 4.22. The Morgan fingerprint density at radius 2 is 1.85 bits per heavy atom. The summed E-state index contributed by atoms with van der Waals surface area (Å²) in [7, 11) is -3.83. The number of carbonyl (C=O) groups is 1. The monoisotopic (exact) mass is 462 g/mol. The van der Waals surface area contributed by atoms with E-state index in [9.17, 15) is 13.2 Å². The molecule has 0 bridgehead atoms. The third-order valence-corrected chi connectivity index (χ3v) is 7.32. The number of amidine groups is 1. The molecule has 1 saturated heterocycles. The third-order valence-electron chi connectivity index (χ3n) is 5.81. The third kappa shape index (κ3) is 4.08. The summed E-state index contributed by atoms with van der Waals surface area (Å²) in [6.07, 6.45) is 0.0858. The van der Waals surface area contributed by atoms with Gasteiger partial charge in [0.1, 0.15) is 17.0 Å². The molecule has 4 N–H and O–H groups in total. The number of nitrogen functional groups attached to an aromatic ring is 1. The highest BCUT2D eigenvalue weighted by atomic mass is 32.2. The van der Waals surface area contributed by atoms with Gasteiger partial charge in [0.05, 0.1) is 4.90 Å². The Balaban J connectivity index is 1.34. The van der Waals surface area contributed by atoms with Crippen LogP contribution in [-0.4, -0.2) is 37.6 Å². The molecule has 2 heterocycles. The molecule has 1 aromatic heterocycles. The van der Waals surface area contributed by atoms with Gasteiger partial charge in [-0.1, -0.05) is 36.4 Å². The summed E-state index contributed by atoms with van der Waals surface area (Å²) in [4.78, 5) is 14.3. The number of hydrogen-bond acceptors (Lipinski definition) is 5. The van der Waals surface area contributed by atoms with Crippen LogP contribution in [0.1, 0.15) is 17.5 Å². The Kier molecular flexibility index (Phi) is 5.15. The van der Waals surface area contributed by atoms with E-state index in [-0.39, 0.29) is 29.6 Å². The van der Waals surface area contributed by atoms with Gasteiger partial charge in [-0.15, -0.1) is 0 Å². The summed E-state index contributed by atoms with van der Waals surface area (Å²) >= 11 is 0. The number of benzene rings is 3. The predicted molar refractivity (Wildman–Crippen MR) is 125 cm³/mol. The number of amides is 1. The molecule has 1 unspecified atom stereocenters. The number of fused-ring (bicyclic) bond motifs is 3. The Labute approximate surface area is 190 Å². The maximum absolute atomic E-state index is 13.1. The molecule has 0 aliphatic carbocycles. The zero-order chi connectivity index (χ0) is 23.2. The van der Waals surface area contributed by atoms with Gasteiger partial charge >= 0.3 is 0 Å². The first-order valence-electron chi connectivity index (χ1n) is 10.4. The highest BCUT2D eigenvalue weighted by Crippen LogP contribution is 2.30. The fraction of sp³-hybridized carbons (Fsp3) is 0.167. The van der Waals surface area contributed by atoms with E-state index in [2.05, 4.69) is 4.72 Å². The molecular weight excluding hydrogens is 440 g/mol. The number of para-hydroxylation sites is 1. The van der Waals surface area contributed by atoms with Crippen LogP contribution in [0.3, 0.4) is 0 Å². The number of nitrogens with zero attached hydrogens (tertiary/aromatic N) is 1. The van der Waals surface area contributed by atoms with Crippen molar-refractivity contribution < 1.29 is 17.6 Å². The second kappa shape index (κ2) is 8.02. The molecule has 168 valence electrons. The summed E-state index contributed by atoms with van der Waals surface area (Å²) in [5.74, 6) is -0.176. The molecule has 8 nitrogen and oxygen atoms in total. The molecule has 5 rings (SSSR count). The second-order valence-corrected chi connectivity index (χ2v) is 9.88. The van der Waals surface area contributed by atoms with E-state index in [1.54, 1.807) is 35.2 Å². The van der Waals surface area contributed by atoms with Gasteiger partial charge in [0, 0.05) is 41.9 Å². The van der Waals surface area contributed by atoms with E-state index < -0.39 is 16.1 Å². The average Bonchev–Trinajstić information content (AvgIpc) is 3.32. The van der Waals surface area contributed by atoms with E-state index >= 15 is 0 Å². The van der Waals surface area contributed by atoms with Crippen molar-refractivity contribution in [2.75, 3.05) is 6.54 Å². The topological polar surface area (TPSA) is 129 Å². The van der Waals surface area contributed by atoms with Crippen LogP contribution in [-0.2, 0) is 21.4 Å². The zero-order valence-electron chi connectivity index (χ0n) is 17.6. The maximum atomic E-state index is 13.1. The molecule has 0 saturated carbocycles. The molecule has 0 spiro atoms. The van der Waals surface area contributed by atoms with Gasteiger partial charge < -0.3 is 15.1 Å². The fourth-order valence-corrected chi connectivity index (χ4v) is 5.47. The van der Waals surface area contributed by atoms with E-state index in [1.165, 1.54) is 6.07 Å². The minimum Gasteiger partial charge on any atom is -0.456 e. The van der Waals surface area contributed by atoms with E-state index in [0.717, 1.165) is 16.3 Å². The molecule has 1 aliphatic heterocycles. The lowest BCUT2D eigenvalue weighted by atomic mass is 10.1. The van der Waals surface area contributed by atoms with Crippen molar-refractivity contribution in [3.8, 4) is 0 Å². The summed E-state index contributed by atoms with van der Waals surface area (Å²) in [5, 5.41) is 9.14. The minimum absolute atomic E-state index is 0.0439. The molecule has 4 aromatic rings. The zero-order valence-corrected chi connectivity index (χ0v) is 18.4. The van der Waals surface area contributed by atoms with E-state index in [1.807, 2.05) is 30.3 Å². The number of hydrogen-bond donors (Lipinski definition) is 3. The van der Waals surface area contributed by atoms with Gasteiger partial charge in [0.15, 0.2) is 0 Å². The summed E-state index contributed by atoms with van der Waals surface area (Å²) < 4.78 is 34.6. The van der Waals surface area contributed by atoms with Crippen LogP contribution in [0.25, 0.3) is 21.9 Å². The maximum Gasteiger partial charge on any atom is 0.240 e. The van der Waals surface area contributed by atoms with Crippen molar-refractivity contribution in [1.29, 1.82) is 5.41 Å². The molecule has 0 radical (unpaired) electrons.